The molecule has 0 saturated carbocycles. The molecule has 3 heterocycles. The molecule has 0 amide bonds. The molecule has 0 spiro atoms. The average molecular weight is 286 g/mol. The highest BCUT2D eigenvalue weighted by molar-refractivity contribution is 5.85. The Bertz CT molecular complexity index is 725. The minimum absolute atomic E-state index is 0.843. The summed E-state index contributed by atoms with van der Waals surface area (Å²) < 4.78 is 1.99. The van der Waals surface area contributed by atoms with Crippen molar-refractivity contribution in [2.45, 2.75) is 34.2 Å². The predicted molar refractivity (Wildman–Crippen MR) is 86.4 cm³/mol. The van der Waals surface area contributed by atoms with Gasteiger partial charge in [-0.25, -0.2) is 0 Å². The van der Waals surface area contributed by atoms with Crippen LogP contribution in [0.15, 0.2) is 18.5 Å². The molecule has 0 aliphatic heterocycles. The van der Waals surface area contributed by atoms with Gasteiger partial charge in [-0.05, 0) is 19.9 Å². The minimum Gasteiger partial charge on any atom is -0.385 e. The number of aryl methyl sites for hydroxylation is 2. The molecule has 2 N–H and O–H groups in total. The van der Waals surface area contributed by atoms with Crippen LogP contribution in [0.1, 0.15) is 26.5 Å². The number of hydrogen-bond acceptors (Lipinski definition) is 4. The summed E-state index contributed by atoms with van der Waals surface area (Å²) in [5, 5.41) is 15.7. The Labute approximate surface area is 124 Å². The van der Waals surface area contributed by atoms with Crippen molar-refractivity contribution in [1.29, 1.82) is 0 Å². The van der Waals surface area contributed by atoms with Crippen molar-refractivity contribution < 1.29 is 0 Å². The molecule has 3 aromatic heterocycles. The first-order valence-electron chi connectivity index (χ1n) is 7.29. The second-order valence-corrected chi connectivity index (χ2v) is 4.40. The number of fused-ring (bicyclic) bond motifs is 1. The maximum absolute atomic E-state index is 4.51. The zero-order valence-electron chi connectivity index (χ0n) is 13.2. The third kappa shape index (κ3) is 2.61. The fourth-order valence-corrected chi connectivity index (χ4v) is 2.27. The van der Waals surface area contributed by atoms with E-state index in [-0.39, 0.29) is 0 Å². The van der Waals surface area contributed by atoms with Gasteiger partial charge in [-0.1, -0.05) is 13.8 Å². The molecular formula is C15H22N6. The van der Waals surface area contributed by atoms with E-state index in [9.17, 15) is 0 Å². The van der Waals surface area contributed by atoms with Gasteiger partial charge in [-0.15, -0.1) is 0 Å². The van der Waals surface area contributed by atoms with Gasteiger partial charge in [-0.2, -0.15) is 10.2 Å². The maximum atomic E-state index is 4.51. The van der Waals surface area contributed by atoms with Crippen molar-refractivity contribution in [3.63, 3.8) is 0 Å². The predicted octanol–water partition coefficient (Wildman–Crippen LogP) is 3.22. The summed E-state index contributed by atoms with van der Waals surface area (Å²) in [6.45, 7) is 8.93. The number of nitrogens with zero attached hydrogens (tertiary/aromatic N) is 4. The van der Waals surface area contributed by atoms with Gasteiger partial charge in [0.15, 0.2) is 0 Å². The Balaban J connectivity index is 0.000000774. The third-order valence-electron chi connectivity index (χ3n) is 3.29. The van der Waals surface area contributed by atoms with Crippen LogP contribution in [0.25, 0.3) is 22.3 Å². The van der Waals surface area contributed by atoms with Crippen molar-refractivity contribution in [2.75, 3.05) is 12.4 Å². The fourth-order valence-electron chi connectivity index (χ4n) is 2.27. The van der Waals surface area contributed by atoms with E-state index in [1.54, 1.807) is 6.20 Å². The molecule has 0 radical (unpaired) electrons. The zero-order chi connectivity index (χ0) is 15.4. The number of rotatable bonds is 3. The zero-order valence-corrected chi connectivity index (χ0v) is 13.2. The Morgan fingerprint density at radius 1 is 1.29 bits per heavy atom. The van der Waals surface area contributed by atoms with Gasteiger partial charge < -0.3 is 5.32 Å². The Morgan fingerprint density at radius 3 is 2.71 bits per heavy atom. The number of aromatic amines is 1. The van der Waals surface area contributed by atoms with Crippen molar-refractivity contribution in [2.24, 2.45) is 0 Å². The van der Waals surface area contributed by atoms with Gasteiger partial charge in [0.2, 0.25) is 0 Å². The van der Waals surface area contributed by atoms with Crippen LogP contribution < -0.4 is 5.32 Å². The summed E-state index contributed by atoms with van der Waals surface area (Å²) in [7, 11) is 1.87. The molecule has 0 aliphatic rings. The van der Waals surface area contributed by atoms with Crippen LogP contribution in [0.2, 0.25) is 0 Å². The summed E-state index contributed by atoms with van der Waals surface area (Å²) >= 11 is 0. The van der Waals surface area contributed by atoms with Gasteiger partial charge in [-0.3, -0.25) is 14.8 Å². The summed E-state index contributed by atoms with van der Waals surface area (Å²) in [5.74, 6) is 0. The number of nitrogens with one attached hydrogen (secondary N) is 2. The largest absolute Gasteiger partial charge is 0.385 e. The van der Waals surface area contributed by atoms with E-state index in [1.165, 1.54) is 0 Å². The summed E-state index contributed by atoms with van der Waals surface area (Å²) in [5.41, 5.74) is 4.80. The maximum Gasteiger partial charge on any atom is 0.107 e. The first kappa shape index (κ1) is 15.0. The minimum atomic E-state index is 0.843. The van der Waals surface area contributed by atoms with Gasteiger partial charge in [0.1, 0.15) is 5.69 Å². The lowest BCUT2D eigenvalue weighted by molar-refractivity contribution is 0.676. The van der Waals surface area contributed by atoms with E-state index >= 15 is 0 Å². The number of H-pyrrole nitrogens is 1. The summed E-state index contributed by atoms with van der Waals surface area (Å²) in [6, 6.07) is 2.05. The van der Waals surface area contributed by atoms with Crippen LogP contribution in [0, 0.1) is 6.92 Å². The number of anilines is 1. The van der Waals surface area contributed by atoms with Gasteiger partial charge in [0, 0.05) is 25.2 Å². The molecule has 3 aromatic rings. The van der Waals surface area contributed by atoms with E-state index in [1.807, 2.05) is 44.8 Å². The topological polar surface area (TPSA) is 71.4 Å². The van der Waals surface area contributed by atoms with E-state index < -0.39 is 0 Å². The average Bonchev–Trinajstić information content (AvgIpc) is 3.13. The first-order valence-corrected chi connectivity index (χ1v) is 7.29. The van der Waals surface area contributed by atoms with Crippen LogP contribution in [0.5, 0.6) is 0 Å². The monoisotopic (exact) mass is 286 g/mol. The molecule has 0 saturated heterocycles. The quantitative estimate of drug-likeness (QED) is 0.775. The van der Waals surface area contributed by atoms with Crippen LogP contribution >= 0.6 is 0 Å². The highest BCUT2D eigenvalue weighted by Gasteiger charge is 2.12. The molecule has 6 heteroatoms. The number of pyridine rings is 1. The lowest BCUT2D eigenvalue weighted by Gasteiger charge is -2.03. The number of hydrogen-bond donors (Lipinski definition) is 2. The molecule has 0 unspecified atom stereocenters. The smallest absolute Gasteiger partial charge is 0.107 e. The standard InChI is InChI=1S/C13H16N6.C2H6/c1-4-19-12-5-10(13-11(14-3)7-16-17-13)15-6-9(12)8(2)18-19;1-2/h5-7,14H,4H2,1-3H3,(H,16,17);1-2H3. The van der Waals surface area contributed by atoms with Crippen molar-refractivity contribution in [3.05, 3.63) is 24.2 Å². The van der Waals surface area contributed by atoms with Gasteiger partial charge >= 0.3 is 0 Å². The Kier molecular flexibility index (Phi) is 4.57. The molecule has 0 bridgehead atoms. The van der Waals surface area contributed by atoms with Gasteiger partial charge in [0.25, 0.3) is 0 Å². The van der Waals surface area contributed by atoms with E-state index in [0.29, 0.717) is 0 Å². The van der Waals surface area contributed by atoms with E-state index in [4.69, 9.17) is 0 Å². The van der Waals surface area contributed by atoms with Crippen LogP contribution in [0.4, 0.5) is 5.69 Å². The molecule has 6 nitrogen and oxygen atoms in total. The molecule has 3 rings (SSSR count). The molecule has 0 aromatic carbocycles. The third-order valence-corrected chi connectivity index (χ3v) is 3.29. The molecule has 0 aliphatic carbocycles. The van der Waals surface area contributed by atoms with E-state index in [2.05, 4.69) is 32.5 Å². The Hall–Kier alpha value is -2.37. The highest BCUT2D eigenvalue weighted by Crippen LogP contribution is 2.27. The second-order valence-electron chi connectivity index (χ2n) is 4.40. The SMILES string of the molecule is CC.CCn1nc(C)c2cnc(-c3[nH]ncc3NC)cc21. The highest BCUT2D eigenvalue weighted by atomic mass is 15.3. The molecule has 112 valence electrons. The number of aromatic nitrogens is 5. The fraction of sp³-hybridized carbons (Fsp3) is 0.400. The summed E-state index contributed by atoms with van der Waals surface area (Å²) in [6.07, 6.45) is 3.63. The van der Waals surface area contributed by atoms with Crippen LogP contribution in [-0.4, -0.2) is 32.0 Å². The molecule has 21 heavy (non-hydrogen) atoms. The lowest BCUT2D eigenvalue weighted by atomic mass is 10.2. The Morgan fingerprint density at radius 2 is 2.05 bits per heavy atom. The normalized spacial score (nSPS) is 10.3. The van der Waals surface area contributed by atoms with Crippen molar-refractivity contribution in [3.8, 4) is 11.4 Å². The molecular weight excluding hydrogens is 264 g/mol. The second kappa shape index (κ2) is 6.39. The van der Waals surface area contributed by atoms with E-state index in [0.717, 1.165) is 40.2 Å². The molecule has 0 fully saturated rings. The van der Waals surface area contributed by atoms with Crippen LogP contribution in [-0.2, 0) is 6.54 Å². The van der Waals surface area contributed by atoms with Crippen molar-refractivity contribution in [1.82, 2.24) is 25.0 Å². The van der Waals surface area contributed by atoms with Crippen molar-refractivity contribution >= 4 is 16.6 Å². The first-order chi connectivity index (χ1) is 10.2. The lowest BCUT2D eigenvalue weighted by Crippen LogP contribution is -1.97. The summed E-state index contributed by atoms with van der Waals surface area (Å²) in [4.78, 5) is 4.50. The van der Waals surface area contributed by atoms with Gasteiger partial charge in [0.05, 0.1) is 28.8 Å². The van der Waals surface area contributed by atoms with Crippen LogP contribution in [0.3, 0.4) is 0 Å². The molecule has 0 atom stereocenters.